The number of unbranched alkanes of at least 4 members (excludes halogenated alkanes) is 1. The van der Waals surface area contributed by atoms with Gasteiger partial charge in [0.15, 0.2) is 44.7 Å². The van der Waals surface area contributed by atoms with Gasteiger partial charge < -0.3 is 142 Å². The molecule has 0 spiro atoms. The summed E-state index contributed by atoms with van der Waals surface area (Å²) in [4.78, 5) is 297. The number of anilines is 4. The van der Waals surface area contributed by atoms with Gasteiger partial charge in [0.25, 0.3) is 22.2 Å². The largest absolute Gasteiger partial charge is 0.369 e. The monoisotopic (exact) mass is 1990 g/mol. The minimum absolute atomic E-state index is 0.00831. The molecule has 3 aliphatic rings. The molecule has 11 heterocycles. The molecule has 61 nitrogen and oxygen atoms in total. The molecular formula is C79H121N43O18S. The standard InChI is InChI=1S/C79H121N43O18S/c80-5-17-115(58(132)37-119-42-97-63-67(119)103-75(84)107-71(63)136)33-54(128)92-12-9-88-50(124)29-111-21-22-112(30-51(125)89-10-13-93-55(129)34-116(18-6-81)59(133)38-120-43-98-64-68(120)104-76(85)108-72(64)137)25-26-114(32-53(127)91-15-16-95-57(131)36-118(20-8-83)61(135)40-122-45-100-66-70(122)106-78(87)110-74(66)139)46(27-96-49(123)4-2-1-3-48-62-47(41-141-48)101-79(140)102-62)28-113(24-23-111)31-52(126)90-11-14-94-56(130)35-117(19-7-82)60(134)39-121-44-99-65-69(121)105-77(86)109-73(65)138/h42-48,62H,1-41,80-83H2,(H,88,124)(H,89,125)(H,90,126)(H,91,127)(H,92,128)(H,93,129)(H,94,130)(H,95,131)(H,96,123)(H2,101,102,140)(H3,84,103,107,136)(H3,85,104,108,137)(H3,86,105,109,138)(H3,87,106,110,139)/t46?,47?,48-,62?/m1/s1. The van der Waals surface area contributed by atoms with Crippen molar-refractivity contribution in [1.29, 1.82) is 0 Å². The molecule has 0 radical (unpaired) electrons. The number of hydrogen-bond acceptors (Lipinski definition) is 39. The second-order valence-corrected chi connectivity index (χ2v) is 34.6. The Morgan fingerprint density at radius 1 is 0.369 bits per heavy atom. The van der Waals surface area contributed by atoms with Crippen molar-refractivity contribution in [3.8, 4) is 0 Å². The molecule has 0 aliphatic carbocycles. The number of urea groups is 1. The summed E-state index contributed by atoms with van der Waals surface area (Å²) in [5.74, 6) is -7.63. The van der Waals surface area contributed by atoms with Gasteiger partial charge in [0.05, 0.1) is 89.8 Å². The van der Waals surface area contributed by atoms with E-state index in [0.717, 1.165) is 5.75 Å². The van der Waals surface area contributed by atoms with Gasteiger partial charge in [0.1, 0.15) is 26.2 Å². The number of carbonyl (C=O) groups is 14. The zero-order valence-corrected chi connectivity index (χ0v) is 78.2. The Morgan fingerprint density at radius 2 is 0.674 bits per heavy atom. The Kier molecular flexibility index (Phi) is 39.4. The number of aromatic amines is 4. The van der Waals surface area contributed by atoms with Crippen LogP contribution >= 0.6 is 11.8 Å². The third kappa shape index (κ3) is 31.5. The summed E-state index contributed by atoms with van der Waals surface area (Å²) in [7, 11) is 0. The van der Waals surface area contributed by atoms with E-state index < -0.39 is 152 Å². The van der Waals surface area contributed by atoms with E-state index >= 15 is 0 Å². The van der Waals surface area contributed by atoms with E-state index in [1.807, 2.05) is 0 Å². The van der Waals surface area contributed by atoms with E-state index in [1.165, 1.54) is 63.2 Å². The molecule has 0 aromatic carbocycles. The molecule has 3 aliphatic heterocycles. The minimum Gasteiger partial charge on any atom is -0.369 e. The fourth-order valence-electron chi connectivity index (χ4n) is 15.9. The highest BCUT2D eigenvalue weighted by atomic mass is 32.2. The van der Waals surface area contributed by atoms with Crippen LogP contribution in [0.25, 0.3) is 44.7 Å². The average Bonchev–Trinajstić information content (AvgIpc) is 1.67. The maximum atomic E-state index is 14.7. The number of amides is 15. The average molecular weight is 1990 g/mol. The SMILES string of the molecule is NCCN(CC(=O)NCCNC(=O)CN1CCN(CC(=O)NCCNC(=O)CN(CCN)C(=O)Cn2cnc3c(=O)[nH]c(N)nc32)CCN(CC(=O)NCCNC(=O)CN(CCN)C(=O)Cn2cnc3c(=O)[nH]c(N)nc32)C(CNC(=O)CCCC[C@H]2SCC3NC(=O)NC32)CN(CC(=O)NCCNC(=O)CN(CCN)C(=O)Cn2cnc3c(=O)[nH]c(N)nc32)CC1)C(=O)Cn1cnc2c(=O)[nH]c(N)nc21. The van der Waals surface area contributed by atoms with E-state index in [0.29, 0.717) is 19.3 Å². The lowest BCUT2D eigenvalue weighted by molar-refractivity contribution is -0.136. The molecule has 62 heteroatoms. The number of imidazole rings is 4. The lowest BCUT2D eigenvalue weighted by Crippen LogP contribution is -2.57. The molecular weight excluding hydrogens is 1870 g/mol. The van der Waals surface area contributed by atoms with Crippen molar-refractivity contribution in [2.24, 2.45) is 22.9 Å². The van der Waals surface area contributed by atoms with E-state index in [4.69, 9.17) is 45.9 Å². The molecule has 15 amide bonds. The highest BCUT2D eigenvalue weighted by molar-refractivity contribution is 8.00. The second-order valence-electron chi connectivity index (χ2n) is 33.3. The molecule has 4 atom stereocenters. The molecule has 8 aromatic rings. The first-order chi connectivity index (χ1) is 67.7. The van der Waals surface area contributed by atoms with Crippen LogP contribution in [-0.2, 0) is 88.5 Å². The zero-order valence-electron chi connectivity index (χ0n) is 77.4. The number of nitrogens with two attached hydrogens (primary N) is 8. The maximum Gasteiger partial charge on any atom is 0.315 e. The number of hydrogen-bond donors (Lipinski definition) is 23. The van der Waals surface area contributed by atoms with Gasteiger partial charge in [-0.2, -0.15) is 31.7 Å². The van der Waals surface area contributed by atoms with Gasteiger partial charge in [-0.05, 0) is 12.8 Å². The van der Waals surface area contributed by atoms with Crippen LogP contribution < -0.4 is 127 Å². The fourth-order valence-corrected chi connectivity index (χ4v) is 17.4. The third-order valence-corrected chi connectivity index (χ3v) is 24.3. The highest BCUT2D eigenvalue weighted by Crippen LogP contribution is 2.33. The summed E-state index contributed by atoms with van der Waals surface area (Å²) in [6, 6.07) is -1.23. The zero-order chi connectivity index (χ0) is 101. The van der Waals surface area contributed by atoms with Crippen LogP contribution in [0.4, 0.5) is 28.6 Å². The van der Waals surface area contributed by atoms with E-state index in [-0.39, 0.29) is 287 Å². The Morgan fingerprint density at radius 3 is 1.01 bits per heavy atom. The van der Waals surface area contributed by atoms with Crippen LogP contribution in [0.1, 0.15) is 25.7 Å². The first-order valence-electron chi connectivity index (χ1n) is 45.5. The number of thioether (sulfide) groups is 1. The van der Waals surface area contributed by atoms with Crippen molar-refractivity contribution in [2.45, 2.75) is 75.2 Å². The van der Waals surface area contributed by atoms with Crippen molar-refractivity contribution in [1.82, 2.24) is 176 Å². The van der Waals surface area contributed by atoms with Gasteiger partial charge >= 0.3 is 6.03 Å². The fraction of sp³-hybridized carbons (Fsp3) is 0.570. The maximum absolute atomic E-state index is 14.7. The molecule has 3 saturated heterocycles. The van der Waals surface area contributed by atoms with Gasteiger partial charge in [0, 0.05) is 181 Å². The van der Waals surface area contributed by atoms with Gasteiger partial charge in [-0.25, -0.2) is 24.7 Å². The predicted octanol–water partition coefficient (Wildman–Crippen LogP) is -15.6. The molecule has 3 fully saturated rings. The number of fused-ring (bicyclic) bond motifs is 5. The summed E-state index contributed by atoms with van der Waals surface area (Å²) >= 11 is 1.73. The van der Waals surface area contributed by atoms with Crippen LogP contribution in [0.15, 0.2) is 44.5 Å². The number of nitrogens with one attached hydrogen (secondary N) is 15. The van der Waals surface area contributed by atoms with Gasteiger partial charge in [0.2, 0.25) is 101 Å². The van der Waals surface area contributed by atoms with Crippen LogP contribution in [0.3, 0.4) is 0 Å². The van der Waals surface area contributed by atoms with Crippen molar-refractivity contribution >= 4 is 163 Å². The van der Waals surface area contributed by atoms with Crippen LogP contribution in [-0.4, -0.2) is 439 Å². The van der Waals surface area contributed by atoms with Gasteiger partial charge in [-0.3, -0.25) is 121 Å². The Balaban J connectivity index is 0.806. The quantitative estimate of drug-likeness (QED) is 0.0124. The molecule has 766 valence electrons. The number of nitrogen functional groups attached to an aromatic ring is 4. The van der Waals surface area contributed by atoms with E-state index in [1.54, 1.807) is 31.4 Å². The van der Waals surface area contributed by atoms with Crippen molar-refractivity contribution < 1.29 is 67.1 Å². The first-order valence-corrected chi connectivity index (χ1v) is 46.5. The normalized spacial score (nSPS) is 16.0. The Bertz CT molecular complexity index is 6030. The molecule has 0 bridgehead atoms. The third-order valence-electron chi connectivity index (χ3n) is 22.8. The highest BCUT2D eigenvalue weighted by Gasteiger charge is 2.43. The molecule has 11 rings (SSSR count). The van der Waals surface area contributed by atoms with Gasteiger partial charge in [-0.15, -0.1) is 0 Å². The molecule has 8 aromatic heterocycles. The summed E-state index contributed by atoms with van der Waals surface area (Å²) in [6.45, 7) is -6.74. The number of nitrogens with zero attached hydrogens (tertiary/aromatic N) is 20. The molecule has 141 heavy (non-hydrogen) atoms. The Labute approximate surface area is 805 Å². The number of H-pyrrole nitrogens is 4. The lowest BCUT2D eigenvalue weighted by atomic mass is 10.0. The number of aromatic nitrogens is 16. The summed E-state index contributed by atoms with van der Waals surface area (Å²) in [5, 5.41) is 31.2. The number of rotatable bonds is 51. The van der Waals surface area contributed by atoms with Crippen molar-refractivity contribution in [3.05, 3.63) is 66.7 Å². The van der Waals surface area contributed by atoms with Crippen LogP contribution in [0.2, 0.25) is 0 Å². The van der Waals surface area contributed by atoms with E-state index in [9.17, 15) is 86.3 Å². The van der Waals surface area contributed by atoms with Crippen molar-refractivity contribution in [2.75, 3.05) is 238 Å². The number of carbonyl (C=O) groups excluding carboxylic acids is 14. The topological polar surface area (TPSA) is 860 Å². The van der Waals surface area contributed by atoms with Crippen molar-refractivity contribution in [3.63, 3.8) is 0 Å². The smallest absolute Gasteiger partial charge is 0.315 e. The van der Waals surface area contributed by atoms with Crippen LogP contribution in [0.5, 0.6) is 0 Å². The summed E-state index contributed by atoms with van der Waals surface area (Å²) < 4.78 is 5.17. The predicted molar refractivity (Wildman–Crippen MR) is 509 cm³/mol. The molecule has 0 saturated carbocycles. The molecule has 31 N–H and O–H groups in total. The lowest BCUT2D eigenvalue weighted by Gasteiger charge is -2.38. The van der Waals surface area contributed by atoms with E-state index in [2.05, 4.69) is 118 Å². The summed E-state index contributed by atoms with van der Waals surface area (Å²) in [5.41, 5.74) is 43.9. The molecule has 3 unspecified atom stereocenters. The van der Waals surface area contributed by atoms with Crippen LogP contribution in [0, 0.1) is 0 Å². The second kappa shape index (κ2) is 52.1. The Hall–Kier alpha value is -15.0. The first kappa shape index (κ1) is 106. The minimum atomic E-state index is -0.891. The van der Waals surface area contributed by atoms with Gasteiger partial charge in [-0.1, -0.05) is 6.42 Å². The summed E-state index contributed by atoms with van der Waals surface area (Å²) in [6.07, 6.45) is 6.73.